The van der Waals surface area contributed by atoms with E-state index in [9.17, 15) is 0 Å². The van der Waals surface area contributed by atoms with E-state index in [1.165, 1.54) is 49.0 Å². The van der Waals surface area contributed by atoms with Gasteiger partial charge in [-0.25, -0.2) is 0 Å². The SMILES string of the molecule is c1ccc(-c2ccc(-c3ccc(N(c4cccc5c4ccc4ccccc45)c4cccc5c4c4ccccc4n5-c4ccccc4)c4c3oc3ccccc34)cc2)cc1. The first-order valence-corrected chi connectivity index (χ1v) is 20.2. The lowest BCUT2D eigenvalue weighted by atomic mass is 9.96. The quantitative estimate of drug-likeness (QED) is 0.158. The molecule has 276 valence electrons. The summed E-state index contributed by atoms with van der Waals surface area (Å²) in [6.07, 6.45) is 0. The van der Waals surface area contributed by atoms with Gasteiger partial charge >= 0.3 is 0 Å². The summed E-state index contributed by atoms with van der Waals surface area (Å²) in [6.45, 7) is 0. The van der Waals surface area contributed by atoms with Gasteiger partial charge in [0.1, 0.15) is 11.2 Å². The Morgan fingerprint density at radius 2 is 0.949 bits per heavy atom. The van der Waals surface area contributed by atoms with E-state index in [1.54, 1.807) is 0 Å². The van der Waals surface area contributed by atoms with Crippen LogP contribution in [0.3, 0.4) is 0 Å². The fraction of sp³-hybridized carbons (Fsp3) is 0. The largest absolute Gasteiger partial charge is 0.455 e. The fourth-order valence-corrected chi connectivity index (χ4v) is 9.35. The summed E-state index contributed by atoms with van der Waals surface area (Å²) in [6, 6.07) is 78.6. The zero-order valence-corrected chi connectivity index (χ0v) is 32.1. The van der Waals surface area contributed by atoms with Crippen molar-refractivity contribution in [2.75, 3.05) is 4.90 Å². The maximum Gasteiger partial charge on any atom is 0.145 e. The molecule has 12 aromatic rings. The van der Waals surface area contributed by atoms with E-state index < -0.39 is 0 Å². The fourth-order valence-electron chi connectivity index (χ4n) is 9.35. The first kappa shape index (κ1) is 33.3. The van der Waals surface area contributed by atoms with Crippen molar-refractivity contribution in [3.05, 3.63) is 218 Å². The van der Waals surface area contributed by atoms with Gasteiger partial charge in [-0.2, -0.15) is 0 Å². The molecule has 12 rings (SSSR count). The summed E-state index contributed by atoms with van der Waals surface area (Å²) in [5.41, 5.74) is 13.0. The van der Waals surface area contributed by atoms with Crippen molar-refractivity contribution in [3.8, 4) is 27.9 Å². The van der Waals surface area contributed by atoms with Crippen molar-refractivity contribution in [3.63, 3.8) is 0 Å². The molecule has 0 aliphatic carbocycles. The third-order valence-corrected chi connectivity index (χ3v) is 12.0. The van der Waals surface area contributed by atoms with Gasteiger partial charge in [-0.15, -0.1) is 0 Å². The molecule has 3 nitrogen and oxygen atoms in total. The molecule has 0 radical (unpaired) electrons. The molecule has 0 aliphatic heterocycles. The maximum atomic E-state index is 6.95. The zero-order chi connectivity index (χ0) is 38.9. The average molecular weight is 753 g/mol. The highest BCUT2D eigenvalue weighted by Gasteiger charge is 2.26. The van der Waals surface area contributed by atoms with Crippen LogP contribution in [0.1, 0.15) is 0 Å². The van der Waals surface area contributed by atoms with E-state index in [4.69, 9.17) is 4.42 Å². The van der Waals surface area contributed by atoms with Gasteiger partial charge in [-0.1, -0.05) is 164 Å². The second-order valence-electron chi connectivity index (χ2n) is 15.2. The molecule has 10 aromatic carbocycles. The van der Waals surface area contributed by atoms with Crippen molar-refractivity contribution in [2.45, 2.75) is 0 Å². The molecule has 0 bridgehead atoms. The Morgan fingerprint density at radius 1 is 0.339 bits per heavy atom. The maximum absolute atomic E-state index is 6.95. The van der Waals surface area contributed by atoms with Crippen LogP contribution in [0, 0.1) is 0 Å². The average Bonchev–Trinajstić information content (AvgIpc) is 3.87. The van der Waals surface area contributed by atoms with Crippen LogP contribution in [0.2, 0.25) is 0 Å². The highest BCUT2D eigenvalue weighted by atomic mass is 16.3. The van der Waals surface area contributed by atoms with E-state index in [0.29, 0.717) is 0 Å². The van der Waals surface area contributed by atoms with Gasteiger partial charge in [0.05, 0.1) is 33.5 Å². The van der Waals surface area contributed by atoms with Crippen LogP contribution in [-0.2, 0) is 0 Å². The smallest absolute Gasteiger partial charge is 0.145 e. The molecule has 0 spiro atoms. The van der Waals surface area contributed by atoms with Crippen LogP contribution in [0.15, 0.2) is 223 Å². The van der Waals surface area contributed by atoms with Crippen LogP contribution in [0.4, 0.5) is 17.1 Å². The van der Waals surface area contributed by atoms with Gasteiger partial charge in [0, 0.05) is 32.8 Å². The van der Waals surface area contributed by atoms with Gasteiger partial charge in [0.2, 0.25) is 0 Å². The van der Waals surface area contributed by atoms with E-state index in [1.807, 2.05) is 0 Å². The number of nitrogens with zero attached hydrogens (tertiary/aromatic N) is 2. The Hall–Kier alpha value is -7.88. The molecular formula is C56H36N2O. The number of rotatable bonds is 6. The Balaban J connectivity index is 1.18. The highest BCUT2D eigenvalue weighted by molar-refractivity contribution is 6.23. The number of furan rings is 1. The summed E-state index contributed by atoms with van der Waals surface area (Å²) < 4.78 is 9.35. The Morgan fingerprint density at radius 3 is 1.80 bits per heavy atom. The lowest BCUT2D eigenvalue weighted by Crippen LogP contribution is -2.11. The number of anilines is 3. The Labute approximate surface area is 341 Å². The third kappa shape index (κ3) is 5.22. The molecule has 0 unspecified atom stereocenters. The van der Waals surface area contributed by atoms with Crippen molar-refractivity contribution in [1.29, 1.82) is 0 Å². The standard InChI is InChI=1S/C56H36N2O/c1-3-15-37(16-4-1)38-29-31-40(32-30-38)43-35-36-52(55-47-22-10-12-28-53(47)59-56(43)55)58(48-25-13-23-44-42-20-8-7-17-39(42)33-34-45(44)48)51-27-14-26-50-54(51)46-21-9-11-24-49(46)57(50)41-18-5-2-6-19-41/h1-36H. The first-order chi connectivity index (χ1) is 29.3. The predicted molar refractivity (Wildman–Crippen MR) is 249 cm³/mol. The first-order valence-electron chi connectivity index (χ1n) is 20.2. The zero-order valence-electron chi connectivity index (χ0n) is 32.1. The normalized spacial score (nSPS) is 11.7. The van der Waals surface area contributed by atoms with E-state index in [-0.39, 0.29) is 0 Å². The predicted octanol–water partition coefficient (Wildman–Crippen LogP) is 15.8. The minimum atomic E-state index is 0.861. The Bertz CT molecular complexity index is 3540. The molecule has 2 heterocycles. The molecule has 0 saturated heterocycles. The number of fused-ring (bicyclic) bond motifs is 9. The molecule has 3 heteroatoms. The van der Waals surface area contributed by atoms with Crippen molar-refractivity contribution in [1.82, 2.24) is 4.57 Å². The monoisotopic (exact) mass is 752 g/mol. The highest BCUT2D eigenvalue weighted by Crippen LogP contribution is 2.50. The van der Waals surface area contributed by atoms with E-state index >= 15 is 0 Å². The minimum Gasteiger partial charge on any atom is -0.455 e. The molecule has 2 aromatic heterocycles. The third-order valence-electron chi connectivity index (χ3n) is 12.0. The van der Waals surface area contributed by atoms with E-state index in [2.05, 4.69) is 228 Å². The molecule has 0 fully saturated rings. The number of para-hydroxylation sites is 3. The lowest BCUT2D eigenvalue weighted by Gasteiger charge is -2.29. The second kappa shape index (κ2) is 13.4. The van der Waals surface area contributed by atoms with Crippen LogP contribution in [0.5, 0.6) is 0 Å². The Kier molecular flexibility index (Phi) is 7.54. The van der Waals surface area contributed by atoms with Crippen molar-refractivity contribution < 1.29 is 4.42 Å². The molecule has 0 N–H and O–H groups in total. The summed E-state index contributed by atoms with van der Waals surface area (Å²) in [4.78, 5) is 2.49. The number of hydrogen-bond acceptors (Lipinski definition) is 2. The second-order valence-corrected chi connectivity index (χ2v) is 15.2. The van der Waals surface area contributed by atoms with E-state index in [0.717, 1.165) is 61.3 Å². The summed E-state index contributed by atoms with van der Waals surface area (Å²) in [5, 5.41) is 9.39. The molecular weight excluding hydrogens is 717 g/mol. The van der Waals surface area contributed by atoms with Crippen LogP contribution in [0.25, 0.3) is 93.2 Å². The topological polar surface area (TPSA) is 21.3 Å². The van der Waals surface area contributed by atoms with Gasteiger partial charge in [0.25, 0.3) is 0 Å². The van der Waals surface area contributed by atoms with Crippen LogP contribution < -0.4 is 4.90 Å². The summed E-state index contributed by atoms with van der Waals surface area (Å²) >= 11 is 0. The number of aromatic nitrogens is 1. The van der Waals surface area contributed by atoms with Crippen molar-refractivity contribution in [2.24, 2.45) is 0 Å². The summed E-state index contributed by atoms with van der Waals surface area (Å²) in [5.74, 6) is 0. The molecule has 0 aliphatic rings. The molecule has 0 saturated carbocycles. The number of hydrogen-bond donors (Lipinski definition) is 0. The minimum absolute atomic E-state index is 0.861. The van der Waals surface area contributed by atoms with Crippen LogP contribution >= 0.6 is 0 Å². The number of benzene rings is 10. The van der Waals surface area contributed by atoms with Gasteiger partial charge in [0.15, 0.2) is 0 Å². The van der Waals surface area contributed by atoms with Gasteiger partial charge in [-0.05, 0) is 87.4 Å². The van der Waals surface area contributed by atoms with Gasteiger partial charge < -0.3 is 13.9 Å². The van der Waals surface area contributed by atoms with Gasteiger partial charge in [-0.3, -0.25) is 0 Å². The summed E-state index contributed by atoms with van der Waals surface area (Å²) in [7, 11) is 0. The van der Waals surface area contributed by atoms with Crippen molar-refractivity contribution >= 4 is 82.4 Å². The molecule has 59 heavy (non-hydrogen) atoms. The lowest BCUT2D eigenvalue weighted by molar-refractivity contribution is 0.670. The molecule has 0 amide bonds. The molecule has 0 atom stereocenters. The van der Waals surface area contributed by atoms with Crippen LogP contribution in [-0.4, -0.2) is 4.57 Å².